The molecule has 0 saturated carbocycles. The van der Waals surface area contributed by atoms with E-state index in [4.69, 9.17) is 17.4 Å². The van der Waals surface area contributed by atoms with Gasteiger partial charge in [0.2, 0.25) is 0 Å². The molecule has 0 aliphatic rings. The molecular weight excluding hydrogens is 264 g/mol. The molecule has 1 heterocycles. The van der Waals surface area contributed by atoms with Crippen LogP contribution in [-0.2, 0) is 6.42 Å². The highest BCUT2D eigenvalue weighted by Gasteiger charge is 2.14. The third kappa shape index (κ3) is 3.12. The summed E-state index contributed by atoms with van der Waals surface area (Å²) in [4.78, 5) is 1.24. The van der Waals surface area contributed by atoms with Crippen LogP contribution in [0.2, 0.25) is 4.34 Å². The van der Waals surface area contributed by atoms with Crippen LogP contribution >= 0.6 is 22.9 Å². The number of hydrazine groups is 1. The van der Waals surface area contributed by atoms with Crippen molar-refractivity contribution in [2.45, 2.75) is 26.3 Å². The molecule has 1 aromatic carbocycles. The van der Waals surface area contributed by atoms with Crippen molar-refractivity contribution in [1.29, 1.82) is 0 Å². The molecule has 0 fully saturated rings. The molecule has 1 atom stereocenters. The maximum atomic E-state index is 5.95. The third-order valence-electron chi connectivity index (χ3n) is 3.04. The van der Waals surface area contributed by atoms with Gasteiger partial charge >= 0.3 is 0 Å². The second-order valence-electron chi connectivity index (χ2n) is 4.49. The molecule has 0 spiro atoms. The Kier molecular flexibility index (Phi) is 4.40. The van der Waals surface area contributed by atoms with E-state index in [1.165, 1.54) is 21.6 Å². The van der Waals surface area contributed by atoms with Crippen LogP contribution in [-0.4, -0.2) is 0 Å². The zero-order valence-electron chi connectivity index (χ0n) is 10.5. The molecule has 3 N–H and O–H groups in total. The minimum atomic E-state index is 0.125. The summed E-state index contributed by atoms with van der Waals surface area (Å²) in [6.07, 6.45) is 0.859. The molecule has 0 bridgehead atoms. The van der Waals surface area contributed by atoms with Gasteiger partial charge in [-0.2, -0.15) is 0 Å². The van der Waals surface area contributed by atoms with Crippen molar-refractivity contribution < 1.29 is 0 Å². The maximum Gasteiger partial charge on any atom is 0.0931 e. The van der Waals surface area contributed by atoms with E-state index in [2.05, 4.69) is 43.5 Å². The molecule has 0 aliphatic carbocycles. The molecule has 0 radical (unpaired) electrons. The van der Waals surface area contributed by atoms with Gasteiger partial charge < -0.3 is 0 Å². The van der Waals surface area contributed by atoms with Crippen molar-refractivity contribution in [1.82, 2.24) is 5.43 Å². The van der Waals surface area contributed by atoms with E-state index in [-0.39, 0.29) is 6.04 Å². The number of aryl methyl sites for hydroxylation is 2. The summed E-state index contributed by atoms with van der Waals surface area (Å²) >= 11 is 7.56. The summed E-state index contributed by atoms with van der Waals surface area (Å²) in [6, 6.07) is 10.6. The van der Waals surface area contributed by atoms with Gasteiger partial charge in [-0.05, 0) is 37.1 Å². The quantitative estimate of drug-likeness (QED) is 0.661. The van der Waals surface area contributed by atoms with E-state index in [9.17, 15) is 0 Å². The van der Waals surface area contributed by atoms with Crippen molar-refractivity contribution in [3.63, 3.8) is 0 Å². The van der Waals surface area contributed by atoms with Crippen LogP contribution < -0.4 is 11.3 Å². The Morgan fingerprint density at radius 3 is 2.61 bits per heavy atom. The van der Waals surface area contributed by atoms with Crippen LogP contribution in [0.5, 0.6) is 0 Å². The first-order valence-electron chi connectivity index (χ1n) is 5.87. The minimum Gasteiger partial charge on any atom is -0.271 e. The lowest BCUT2D eigenvalue weighted by molar-refractivity contribution is 0.553. The Bertz CT molecular complexity index is 536. The Hall–Kier alpha value is -0.870. The van der Waals surface area contributed by atoms with Crippen molar-refractivity contribution in [3.8, 4) is 0 Å². The van der Waals surface area contributed by atoms with Crippen LogP contribution in [0.1, 0.15) is 27.6 Å². The highest BCUT2D eigenvalue weighted by molar-refractivity contribution is 7.16. The molecule has 4 heteroatoms. The van der Waals surface area contributed by atoms with Crippen molar-refractivity contribution in [2.24, 2.45) is 5.84 Å². The van der Waals surface area contributed by atoms with Crippen LogP contribution in [0.25, 0.3) is 0 Å². The SMILES string of the molecule is Cc1ccc(C(Cc2ccc(Cl)s2)NN)c(C)c1. The number of hydrogen-bond donors (Lipinski definition) is 2. The lowest BCUT2D eigenvalue weighted by Gasteiger charge is -2.18. The Labute approximate surface area is 117 Å². The molecule has 0 aliphatic heterocycles. The van der Waals surface area contributed by atoms with Gasteiger partial charge in [0.05, 0.1) is 10.4 Å². The summed E-state index contributed by atoms with van der Waals surface area (Å²) in [5.74, 6) is 5.69. The van der Waals surface area contributed by atoms with E-state index in [1.54, 1.807) is 11.3 Å². The zero-order valence-corrected chi connectivity index (χ0v) is 12.1. The van der Waals surface area contributed by atoms with Crippen LogP contribution in [0.3, 0.4) is 0 Å². The largest absolute Gasteiger partial charge is 0.271 e. The highest BCUT2D eigenvalue weighted by atomic mass is 35.5. The normalized spacial score (nSPS) is 12.7. The van der Waals surface area contributed by atoms with Crippen LogP contribution in [0.15, 0.2) is 30.3 Å². The summed E-state index contributed by atoms with van der Waals surface area (Å²) in [6.45, 7) is 4.22. The Morgan fingerprint density at radius 2 is 2.06 bits per heavy atom. The molecule has 2 aromatic rings. The predicted molar refractivity (Wildman–Crippen MR) is 79.0 cm³/mol. The van der Waals surface area contributed by atoms with Gasteiger partial charge in [0, 0.05) is 11.3 Å². The molecular formula is C14H17ClN2S. The fourth-order valence-electron chi connectivity index (χ4n) is 2.14. The van der Waals surface area contributed by atoms with Crippen LogP contribution in [0.4, 0.5) is 0 Å². The van der Waals surface area contributed by atoms with Gasteiger partial charge in [-0.15, -0.1) is 11.3 Å². The number of benzene rings is 1. The molecule has 1 unspecified atom stereocenters. The number of nitrogens with one attached hydrogen (secondary N) is 1. The van der Waals surface area contributed by atoms with Gasteiger partial charge in [-0.3, -0.25) is 11.3 Å². The lowest BCUT2D eigenvalue weighted by atomic mass is 9.97. The smallest absolute Gasteiger partial charge is 0.0931 e. The van der Waals surface area contributed by atoms with Gasteiger partial charge in [-0.25, -0.2) is 0 Å². The summed E-state index contributed by atoms with van der Waals surface area (Å²) in [7, 11) is 0. The standard InChI is InChI=1S/C14H17ClN2S/c1-9-3-5-12(10(2)7-9)13(17-16)8-11-4-6-14(15)18-11/h3-7,13,17H,8,16H2,1-2H3. The number of thiophene rings is 1. The van der Waals surface area contributed by atoms with Gasteiger partial charge in [0.15, 0.2) is 0 Å². The lowest BCUT2D eigenvalue weighted by Crippen LogP contribution is -2.29. The fraction of sp³-hybridized carbons (Fsp3) is 0.286. The van der Waals surface area contributed by atoms with Gasteiger partial charge in [0.25, 0.3) is 0 Å². The molecule has 2 nitrogen and oxygen atoms in total. The first-order valence-corrected chi connectivity index (χ1v) is 7.07. The topological polar surface area (TPSA) is 38.0 Å². The maximum absolute atomic E-state index is 5.95. The van der Waals surface area contributed by atoms with Crippen molar-refractivity contribution in [3.05, 3.63) is 56.2 Å². The third-order valence-corrected chi connectivity index (χ3v) is 4.29. The zero-order chi connectivity index (χ0) is 13.1. The van der Waals surface area contributed by atoms with Gasteiger partial charge in [0.1, 0.15) is 0 Å². The predicted octanol–water partition coefficient (Wildman–Crippen LogP) is 3.77. The molecule has 18 heavy (non-hydrogen) atoms. The van der Waals surface area contributed by atoms with E-state index < -0.39 is 0 Å². The summed E-state index contributed by atoms with van der Waals surface area (Å²) in [5, 5.41) is 0. The number of nitrogens with two attached hydrogens (primary N) is 1. The highest BCUT2D eigenvalue weighted by Crippen LogP contribution is 2.27. The molecule has 96 valence electrons. The summed E-state index contributed by atoms with van der Waals surface area (Å²) < 4.78 is 0.821. The number of halogens is 1. The Balaban J connectivity index is 2.22. The van der Waals surface area contributed by atoms with E-state index in [0.29, 0.717) is 0 Å². The summed E-state index contributed by atoms with van der Waals surface area (Å²) in [5.41, 5.74) is 6.68. The van der Waals surface area contributed by atoms with E-state index in [1.807, 2.05) is 6.07 Å². The number of rotatable bonds is 4. The van der Waals surface area contributed by atoms with Crippen molar-refractivity contribution >= 4 is 22.9 Å². The first-order chi connectivity index (χ1) is 8.60. The fourth-order valence-corrected chi connectivity index (χ4v) is 3.27. The molecule has 2 rings (SSSR count). The van der Waals surface area contributed by atoms with Crippen LogP contribution in [0, 0.1) is 13.8 Å². The van der Waals surface area contributed by atoms with E-state index >= 15 is 0 Å². The minimum absolute atomic E-state index is 0.125. The van der Waals surface area contributed by atoms with Gasteiger partial charge in [-0.1, -0.05) is 35.4 Å². The van der Waals surface area contributed by atoms with Crippen molar-refractivity contribution in [2.75, 3.05) is 0 Å². The second-order valence-corrected chi connectivity index (χ2v) is 6.29. The first kappa shape index (κ1) is 13.6. The molecule has 0 saturated heterocycles. The molecule has 1 aromatic heterocycles. The average Bonchev–Trinajstić information content (AvgIpc) is 2.72. The Morgan fingerprint density at radius 1 is 1.28 bits per heavy atom. The monoisotopic (exact) mass is 280 g/mol. The number of hydrogen-bond acceptors (Lipinski definition) is 3. The molecule has 0 amide bonds. The second kappa shape index (κ2) is 5.85. The van der Waals surface area contributed by atoms with E-state index in [0.717, 1.165) is 10.8 Å². The average molecular weight is 281 g/mol.